The maximum Gasteiger partial charge on any atom is 0.233 e. The molecule has 3 N–H and O–H groups in total. The van der Waals surface area contributed by atoms with Crippen LogP contribution in [0.3, 0.4) is 0 Å². The van der Waals surface area contributed by atoms with Gasteiger partial charge in [0.25, 0.3) is 0 Å². The molecule has 0 bridgehead atoms. The van der Waals surface area contributed by atoms with Crippen LogP contribution in [0.5, 0.6) is 0 Å². The Morgan fingerprint density at radius 3 is 2.63 bits per heavy atom. The van der Waals surface area contributed by atoms with Crippen LogP contribution < -0.4 is 11.1 Å². The number of amides is 1. The minimum absolute atomic E-state index is 0. The van der Waals surface area contributed by atoms with E-state index in [-0.39, 0.29) is 29.8 Å². The summed E-state index contributed by atoms with van der Waals surface area (Å²) in [6.07, 6.45) is 8.14. The minimum Gasteiger partial charge on any atom is -0.398 e. The predicted octanol–water partition coefficient (Wildman–Crippen LogP) is 4.07. The summed E-state index contributed by atoms with van der Waals surface area (Å²) in [7, 11) is -3.39. The Balaban J connectivity index is 0.00000261. The number of carbonyl (C=O) groups is 1. The van der Waals surface area contributed by atoms with Crippen molar-refractivity contribution in [2.45, 2.75) is 50.3 Å². The average Bonchev–Trinajstić information content (AvgIpc) is 3.24. The molecular weight excluding hydrogens is 382 g/mol. The lowest BCUT2D eigenvalue weighted by atomic mass is 9.87. The summed E-state index contributed by atoms with van der Waals surface area (Å²) in [6, 6.07) is 4.82. The van der Waals surface area contributed by atoms with E-state index in [9.17, 15) is 13.2 Å². The van der Waals surface area contributed by atoms with Crippen molar-refractivity contribution >= 4 is 37.9 Å². The maximum atomic E-state index is 12.9. The van der Waals surface area contributed by atoms with Crippen molar-refractivity contribution in [2.75, 3.05) is 17.3 Å². The van der Waals surface area contributed by atoms with Crippen LogP contribution in [0.2, 0.25) is 0 Å². The topological polar surface area (TPSA) is 102 Å². The van der Waals surface area contributed by atoms with E-state index in [0.717, 1.165) is 31.1 Å². The number of aromatic nitrogens is 1. The van der Waals surface area contributed by atoms with Gasteiger partial charge in [0.2, 0.25) is 5.91 Å². The van der Waals surface area contributed by atoms with E-state index in [1.807, 2.05) is 0 Å². The van der Waals surface area contributed by atoms with E-state index in [1.165, 1.54) is 30.2 Å². The number of carbonyl (C=O) groups excluding carboxylic acids is 1. The van der Waals surface area contributed by atoms with Crippen molar-refractivity contribution in [3.8, 4) is 0 Å². The molecule has 0 saturated heterocycles. The van der Waals surface area contributed by atoms with Crippen LogP contribution >= 0.6 is 11.3 Å². The van der Waals surface area contributed by atoms with Crippen molar-refractivity contribution in [3.63, 3.8) is 0 Å². The molecule has 8 heteroatoms. The maximum absolute atomic E-state index is 12.9. The molecule has 0 aliphatic heterocycles. The fraction of sp³-hybridized carbons (Fsp3) is 0.474. The highest BCUT2D eigenvalue weighted by Crippen LogP contribution is 2.36. The Kier molecular flexibility index (Phi) is 7.00. The zero-order valence-electron chi connectivity index (χ0n) is 14.6. The van der Waals surface area contributed by atoms with E-state index in [0.29, 0.717) is 11.0 Å². The average molecular weight is 410 g/mol. The number of nitrogens with zero attached hydrogens (tertiary/aromatic N) is 1. The Bertz CT molecular complexity index is 874. The molecular formula is C19H27N3O3S2. The first-order valence-electron chi connectivity index (χ1n) is 8.64. The second kappa shape index (κ2) is 8.84. The number of anilines is 2. The number of nitrogens with one attached hydrogen (secondary N) is 1. The molecule has 1 aliphatic rings. The van der Waals surface area contributed by atoms with Crippen LogP contribution in [0.15, 0.2) is 34.7 Å². The molecule has 1 fully saturated rings. The molecule has 1 unspecified atom stereocenters. The Hall–Kier alpha value is -1.93. The lowest BCUT2D eigenvalue weighted by Crippen LogP contribution is -2.23. The lowest BCUT2D eigenvalue weighted by Gasteiger charge is -2.21. The largest absolute Gasteiger partial charge is 0.398 e. The number of nitrogen functional groups attached to an aromatic ring is 1. The summed E-state index contributed by atoms with van der Waals surface area (Å²) in [4.78, 5) is 17.1. The third-order valence-electron chi connectivity index (χ3n) is 4.86. The second-order valence-electron chi connectivity index (χ2n) is 6.83. The van der Waals surface area contributed by atoms with E-state index in [2.05, 4.69) is 10.3 Å². The van der Waals surface area contributed by atoms with Crippen LogP contribution in [-0.4, -0.2) is 25.6 Å². The molecule has 0 radical (unpaired) electrons. The van der Waals surface area contributed by atoms with E-state index in [1.54, 1.807) is 23.7 Å². The van der Waals surface area contributed by atoms with Gasteiger partial charge in [-0.05, 0) is 30.0 Å². The Labute approximate surface area is 165 Å². The normalized spacial score (nSPS) is 15.9. The van der Waals surface area contributed by atoms with Gasteiger partial charge in [0.05, 0.1) is 16.5 Å². The van der Waals surface area contributed by atoms with Crippen LogP contribution in [0.1, 0.15) is 51.0 Å². The predicted molar refractivity (Wildman–Crippen MR) is 111 cm³/mol. The highest BCUT2D eigenvalue weighted by Gasteiger charge is 2.28. The highest BCUT2D eigenvalue weighted by molar-refractivity contribution is 7.90. The lowest BCUT2D eigenvalue weighted by molar-refractivity contribution is -0.118. The number of sulfone groups is 1. The number of rotatable bonds is 6. The highest BCUT2D eigenvalue weighted by atomic mass is 32.2. The Morgan fingerprint density at radius 1 is 1.37 bits per heavy atom. The summed E-state index contributed by atoms with van der Waals surface area (Å²) in [5.41, 5.74) is 6.90. The number of hydrogen-bond donors (Lipinski definition) is 2. The molecule has 3 rings (SSSR count). The summed E-state index contributed by atoms with van der Waals surface area (Å²) >= 11 is 1.37. The number of thiazole rings is 1. The third-order valence-corrected chi connectivity index (χ3v) is 6.72. The van der Waals surface area contributed by atoms with Gasteiger partial charge < -0.3 is 11.1 Å². The van der Waals surface area contributed by atoms with E-state index < -0.39 is 9.84 Å². The molecule has 1 aliphatic carbocycles. The summed E-state index contributed by atoms with van der Waals surface area (Å²) in [5.74, 6) is -0.00544. The van der Waals surface area contributed by atoms with E-state index >= 15 is 0 Å². The van der Waals surface area contributed by atoms with Gasteiger partial charge in [0.15, 0.2) is 15.0 Å². The molecule has 1 amide bonds. The number of benzene rings is 1. The SMILES string of the molecule is C.CS(=O)(=O)c1ccc(C(CC2CCCC2)C(=O)Nc2nccs2)cc1N. The van der Waals surface area contributed by atoms with Gasteiger partial charge in [0, 0.05) is 17.8 Å². The Morgan fingerprint density at radius 2 is 2.07 bits per heavy atom. The second-order valence-corrected chi connectivity index (χ2v) is 9.71. The molecule has 1 aromatic carbocycles. The van der Waals surface area contributed by atoms with Crippen LogP contribution in [0.4, 0.5) is 10.8 Å². The molecule has 27 heavy (non-hydrogen) atoms. The van der Waals surface area contributed by atoms with Gasteiger partial charge in [0.1, 0.15) is 0 Å². The van der Waals surface area contributed by atoms with Gasteiger partial charge >= 0.3 is 0 Å². The quantitative estimate of drug-likeness (QED) is 0.700. The summed E-state index contributed by atoms with van der Waals surface area (Å²) in [6.45, 7) is 0. The third kappa shape index (κ3) is 5.29. The smallest absolute Gasteiger partial charge is 0.233 e. The molecule has 6 nitrogen and oxygen atoms in total. The first-order valence-corrected chi connectivity index (χ1v) is 11.4. The van der Waals surface area contributed by atoms with Gasteiger partial charge in [-0.25, -0.2) is 13.4 Å². The monoisotopic (exact) mass is 409 g/mol. The van der Waals surface area contributed by atoms with Crippen molar-refractivity contribution < 1.29 is 13.2 Å². The van der Waals surface area contributed by atoms with Gasteiger partial charge in [-0.15, -0.1) is 11.3 Å². The molecule has 0 spiro atoms. The van der Waals surface area contributed by atoms with Crippen molar-refractivity contribution in [1.29, 1.82) is 0 Å². The zero-order valence-corrected chi connectivity index (χ0v) is 16.3. The fourth-order valence-electron chi connectivity index (χ4n) is 3.57. The summed E-state index contributed by atoms with van der Waals surface area (Å²) in [5, 5.41) is 5.24. The van der Waals surface area contributed by atoms with Gasteiger partial charge in [-0.1, -0.05) is 39.2 Å². The minimum atomic E-state index is -3.39. The molecule has 1 heterocycles. The van der Waals surface area contributed by atoms with Crippen LogP contribution in [0, 0.1) is 5.92 Å². The van der Waals surface area contributed by atoms with Crippen molar-refractivity contribution in [2.24, 2.45) is 5.92 Å². The van der Waals surface area contributed by atoms with Gasteiger partial charge in [-0.2, -0.15) is 0 Å². The number of hydrogen-bond acceptors (Lipinski definition) is 6. The molecule has 1 saturated carbocycles. The summed E-state index contributed by atoms with van der Waals surface area (Å²) < 4.78 is 23.6. The first-order chi connectivity index (χ1) is 12.3. The van der Waals surface area contributed by atoms with Crippen molar-refractivity contribution in [1.82, 2.24) is 4.98 Å². The van der Waals surface area contributed by atoms with Crippen LogP contribution in [0.25, 0.3) is 0 Å². The zero-order chi connectivity index (χ0) is 18.7. The van der Waals surface area contributed by atoms with Gasteiger partial charge in [-0.3, -0.25) is 4.79 Å². The molecule has 2 aromatic rings. The molecule has 148 valence electrons. The fourth-order valence-corrected chi connectivity index (χ4v) is 4.91. The standard InChI is InChI=1S/C18H23N3O3S2.CH4/c1-26(23,24)16-7-6-13(11-15(16)19)14(10-12-4-2-3-5-12)17(22)21-18-20-8-9-25-18;/h6-9,11-12,14H,2-5,10,19H2,1H3,(H,20,21,22);1H4. The molecule has 1 atom stereocenters. The number of nitrogens with two attached hydrogens (primary N) is 1. The first kappa shape index (κ1) is 21.4. The molecule has 1 aromatic heterocycles. The van der Waals surface area contributed by atoms with E-state index in [4.69, 9.17) is 5.73 Å². The van der Waals surface area contributed by atoms with Crippen molar-refractivity contribution in [3.05, 3.63) is 35.3 Å². The van der Waals surface area contributed by atoms with Crippen LogP contribution in [-0.2, 0) is 14.6 Å².